The highest BCUT2D eigenvalue weighted by Gasteiger charge is 2.10. The Morgan fingerprint density at radius 2 is 1.95 bits per heavy atom. The quantitative estimate of drug-likeness (QED) is 0.783. The van der Waals surface area contributed by atoms with Gasteiger partial charge in [-0.15, -0.1) is 0 Å². The lowest BCUT2D eigenvalue weighted by Crippen LogP contribution is -2.10. The number of nitrogens with one attached hydrogen (secondary N) is 1. The number of benzene rings is 1. The van der Waals surface area contributed by atoms with Crippen molar-refractivity contribution in [2.45, 2.75) is 13.8 Å². The molecule has 0 saturated heterocycles. The van der Waals surface area contributed by atoms with Gasteiger partial charge in [0.05, 0.1) is 19.0 Å². The molecule has 3 aromatic rings. The van der Waals surface area contributed by atoms with E-state index < -0.39 is 0 Å². The van der Waals surface area contributed by atoms with Crippen molar-refractivity contribution in [3.63, 3.8) is 0 Å². The van der Waals surface area contributed by atoms with Crippen molar-refractivity contribution < 1.29 is 4.74 Å². The van der Waals surface area contributed by atoms with Crippen LogP contribution in [-0.2, 0) is 0 Å². The summed E-state index contributed by atoms with van der Waals surface area (Å²) in [6, 6.07) is 7.97. The summed E-state index contributed by atoms with van der Waals surface area (Å²) in [7, 11) is 1.67. The molecule has 0 aliphatic rings. The third-order valence-corrected chi connectivity index (χ3v) is 3.49. The molecule has 114 valence electrons. The van der Waals surface area contributed by atoms with E-state index >= 15 is 0 Å². The summed E-state index contributed by atoms with van der Waals surface area (Å²) in [4.78, 5) is 8.92. The number of rotatable bonds is 5. The van der Waals surface area contributed by atoms with Crippen molar-refractivity contribution in [1.29, 1.82) is 0 Å². The fourth-order valence-electron chi connectivity index (χ4n) is 2.32. The van der Waals surface area contributed by atoms with Crippen LogP contribution in [0.3, 0.4) is 0 Å². The van der Waals surface area contributed by atoms with E-state index in [1.807, 2.05) is 36.7 Å². The molecule has 0 aliphatic carbocycles. The average Bonchev–Trinajstić information content (AvgIpc) is 2.97. The monoisotopic (exact) mass is 296 g/mol. The predicted octanol–water partition coefficient (Wildman–Crippen LogP) is 3.47. The van der Waals surface area contributed by atoms with Gasteiger partial charge in [0, 0.05) is 24.5 Å². The summed E-state index contributed by atoms with van der Waals surface area (Å²) in [6.45, 7) is 5.21. The molecule has 22 heavy (non-hydrogen) atoms. The van der Waals surface area contributed by atoms with E-state index in [9.17, 15) is 0 Å². The van der Waals surface area contributed by atoms with Crippen LogP contribution in [0.25, 0.3) is 16.9 Å². The summed E-state index contributed by atoms with van der Waals surface area (Å²) in [5, 5.41) is 3.36. The van der Waals surface area contributed by atoms with Crippen LogP contribution in [0.1, 0.15) is 13.8 Å². The van der Waals surface area contributed by atoms with Crippen LogP contribution in [0.4, 0.5) is 5.82 Å². The topological polar surface area (TPSA) is 51.5 Å². The average molecular weight is 296 g/mol. The molecule has 1 aromatic carbocycles. The maximum absolute atomic E-state index is 5.21. The van der Waals surface area contributed by atoms with E-state index in [1.165, 1.54) is 0 Å². The van der Waals surface area contributed by atoms with Gasteiger partial charge in [0.25, 0.3) is 0 Å². The van der Waals surface area contributed by atoms with Crippen LogP contribution in [0.15, 0.2) is 42.9 Å². The first-order chi connectivity index (χ1) is 10.7. The number of methoxy groups -OCH3 is 1. The molecule has 5 nitrogen and oxygen atoms in total. The van der Waals surface area contributed by atoms with Gasteiger partial charge in [-0.1, -0.05) is 13.8 Å². The van der Waals surface area contributed by atoms with Crippen LogP contribution < -0.4 is 10.1 Å². The minimum absolute atomic E-state index is 0.554. The fourth-order valence-corrected chi connectivity index (χ4v) is 2.32. The highest BCUT2D eigenvalue weighted by molar-refractivity contribution is 5.70. The Bertz CT molecular complexity index is 762. The van der Waals surface area contributed by atoms with Gasteiger partial charge < -0.3 is 10.1 Å². The number of nitrogens with zero attached hydrogens (tertiary/aromatic N) is 3. The first-order valence-electron chi connectivity index (χ1n) is 7.39. The minimum atomic E-state index is 0.554. The van der Waals surface area contributed by atoms with Crippen molar-refractivity contribution >= 4 is 11.5 Å². The number of fused-ring (bicyclic) bond motifs is 1. The number of hydrogen-bond acceptors (Lipinski definition) is 4. The van der Waals surface area contributed by atoms with Crippen LogP contribution in [0.5, 0.6) is 5.75 Å². The minimum Gasteiger partial charge on any atom is -0.497 e. The van der Waals surface area contributed by atoms with E-state index in [0.29, 0.717) is 5.92 Å². The van der Waals surface area contributed by atoms with Crippen molar-refractivity contribution in [3.8, 4) is 17.0 Å². The van der Waals surface area contributed by atoms with E-state index in [1.54, 1.807) is 13.3 Å². The molecular weight excluding hydrogens is 276 g/mol. The molecule has 3 rings (SSSR count). The Morgan fingerprint density at radius 1 is 1.18 bits per heavy atom. The molecule has 0 radical (unpaired) electrons. The van der Waals surface area contributed by atoms with Crippen molar-refractivity contribution in [2.24, 2.45) is 5.92 Å². The van der Waals surface area contributed by atoms with Gasteiger partial charge >= 0.3 is 0 Å². The third-order valence-electron chi connectivity index (χ3n) is 3.49. The van der Waals surface area contributed by atoms with Crippen LogP contribution >= 0.6 is 0 Å². The summed E-state index contributed by atoms with van der Waals surface area (Å²) in [6.07, 6.45) is 5.60. The van der Waals surface area contributed by atoms with Crippen LogP contribution in [0.2, 0.25) is 0 Å². The number of ether oxygens (including phenoxy) is 1. The smallest absolute Gasteiger partial charge is 0.180 e. The van der Waals surface area contributed by atoms with Gasteiger partial charge in [0.2, 0.25) is 0 Å². The number of hydrogen-bond donors (Lipinski definition) is 1. The summed E-state index contributed by atoms with van der Waals surface area (Å²) >= 11 is 0. The summed E-state index contributed by atoms with van der Waals surface area (Å²) in [5.74, 6) is 2.22. The van der Waals surface area contributed by atoms with Gasteiger partial charge in [-0.3, -0.25) is 4.40 Å². The van der Waals surface area contributed by atoms with Crippen molar-refractivity contribution in [1.82, 2.24) is 14.4 Å². The van der Waals surface area contributed by atoms with Crippen molar-refractivity contribution in [2.75, 3.05) is 19.0 Å². The molecule has 2 heterocycles. The maximum atomic E-state index is 5.21. The number of anilines is 1. The molecular formula is C17H20N4O. The molecule has 2 aromatic heterocycles. The largest absolute Gasteiger partial charge is 0.497 e. The lowest BCUT2D eigenvalue weighted by atomic mass is 10.1. The molecule has 1 N–H and O–H groups in total. The normalized spacial score (nSPS) is 11.1. The zero-order valence-corrected chi connectivity index (χ0v) is 13.1. The molecule has 0 aliphatic heterocycles. The zero-order chi connectivity index (χ0) is 15.5. The van der Waals surface area contributed by atoms with Gasteiger partial charge in [0.15, 0.2) is 11.5 Å². The Hall–Kier alpha value is -2.56. The molecule has 0 atom stereocenters. The summed E-state index contributed by atoms with van der Waals surface area (Å²) < 4.78 is 7.26. The highest BCUT2D eigenvalue weighted by atomic mass is 16.5. The molecule has 0 fully saturated rings. The Kier molecular flexibility index (Phi) is 3.96. The van der Waals surface area contributed by atoms with Gasteiger partial charge in [-0.25, -0.2) is 9.97 Å². The Labute approximate surface area is 130 Å². The second kappa shape index (κ2) is 6.05. The molecule has 0 saturated carbocycles. The number of imidazole rings is 1. The Balaban J connectivity index is 1.99. The molecule has 0 amide bonds. The molecule has 5 heteroatoms. The Morgan fingerprint density at radius 3 is 2.64 bits per heavy atom. The highest BCUT2D eigenvalue weighted by Crippen LogP contribution is 2.25. The first kappa shape index (κ1) is 14.4. The lowest BCUT2D eigenvalue weighted by Gasteiger charge is -2.09. The maximum Gasteiger partial charge on any atom is 0.180 e. The van der Waals surface area contributed by atoms with E-state index in [0.717, 1.165) is 35.0 Å². The van der Waals surface area contributed by atoms with E-state index in [4.69, 9.17) is 4.74 Å². The van der Waals surface area contributed by atoms with Gasteiger partial charge in [0.1, 0.15) is 5.75 Å². The third kappa shape index (κ3) is 2.74. The van der Waals surface area contributed by atoms with Crippen LogP contribution in [0, 0.1) is 5.92 Å². The zero-order valence-electron chi connectivity index (χ0n) is 13.1. The standard InChI is InChI=1S/C17H20N4O/c1-12(2)10-19-16-17-20-11-15(21(17)9-8-18-16)13-4-6-14(22-3)7-5-13/h4-9,11-12H,10H2,1-3H3,(H,18,19). The molecule has 0 bridgehead atoms. The van der Waals surface area contributed by atoms with E-state index in [2.05, 4.69) is 33.5 Å². The molecule has 0 unspecified atom stereocenters. The second-order valence-corrected chi connectivity index (χ2v) is 5.62. The predicted molar refractivity (Wildman–Crippen MR) is 88.3 cm³/mol. The summed E-state index contributed by atoms with van der Waals surface area (Å²) in [5.41, 5.74) is 2.97. The second-order valence-electron chi connectivity index (χ2n) is 5.62. The lowest BCUT2D eigenvalue weighted by molar-refractivity contribution is 0.415. The van der Waals surface area contributed by atoms with Crippen molar-refractivity contribution in [3.05, 3.63) is 42.9 Å². The SMILES string of the molecule is COc1ccc(-c2cnc3c(NCC(C)C)nccn23)cc1. The van der Waals surface area contributed by atoms with E-state index in [-0.39, 0.29) is 0 Å². The number of aromatic nitrogens is 3. The molecule has 0 spiro atoms. The first-order valence-corrected chi connectivity index (χ1v) is 7.39. The fraction of sp³-hybridized carbons (Fsp3) is 0.294. The van der Waals surface area contributed by atoms with Gasteiger partial charge in [-0.05, 0) is 30.2 Å². The van der Waals surface area contributed by atoms with Gasteiger partial charge in [-0.2, -0.15) is 0 Å². The van der Waals surface area contributed by atoms with Crippen LogP contribution in [-0.4, -0.2) is 28.0 Å².